The van der Waals surface area contributed by atoms with Crippen molar-refractivity contribution >= 4 is 22.6 Å². The molecule has 0 fully saturated rings. The lowest BCUT2D eigenvalue weighted by molar-refractivity contribution is -0.154. The van der Waals surface area contributed by atoms with Crippen LogP contribution in [0.25, 0.3) is 0 Å². The number of hydrogen-bond donors (Lipinski definition) is 0. The van der Waals surface area contributed by atoms with E-state index in [1.54, 1.807) is 0 Å². The van der Waals surface area contributed by atoms with E-state index in [2.05, 4.69) is 67.7 Å². The second-order valence-electron chi connectivity index (χ2n) is 9.41. The van der Waals surface area contributed by atoms with Crippen molar-refractivity contribution in [3.05, 3.63) is 0 Å². The van der Waals surface area contributed by atoms with E-state index >= 15 is 0 Å². The van der Waals surface area contributed by atoms with Crippen molar-refractivity contribution in [3.8, 4) is 0 Å². The van der Waals surface area contributed by atoms with E-state index in [4.69, 9.17) is 13.6 Å². The fourth-order valence-electron chi connectivity index (χ4n) is 1.65. The van der Waals surface area contributed by atoms with Crippen LogP contribution in [0.1, 0.15) is 48.5 Å². The van der Waals surface area contributed by atoms with E-state index in [1.165, 1.54) is 7.11 Å². The van der Waals surface area contributed by atoms with Crippen LogP contribution in [0.2, 0.25) is 36.3 Å². The van der Waals surface area contributed by atoms with Crippen molar-refractivity contribution < 1.29 is 18.4 Å². The summed E-state index contributed by atoms with van der Waals surface area (Å²) in [6, 6.07) is 0. The molecule has 6 heteroatoms. The highest BCUT2D eigenvalue weighted by molar-refractivity contribution is 6.74. The molecule has 0 aromatic rings. The zero-order valence-corrected chi connectivity index (χ0v) is 19.3. The molecule has 0 N–H and O–H groups in total. The first-order valence-electron chi connectivity index (χ1n) is 8.40. The number of hydrogen-bond acceptors (Lipinski definition) is 4. The minimum Gasteiger partial charge on any atom is -0.467 e. The number of methoxy groups -OCH3 is 1. The van der Waals surface area contributed by atoms with Gasteiger partial charge in [0.2, 0.25) is 0 Å². The lowest BCUT2D eigenvalue weighted by Crippen LogP contribution is -2.53. The SMILES string of the molecule is COC(=O)C(O[Si](C)(C)C(C)(C)C)C(C)O[Si](C)(C)C(C)(C)C. The molecule has 23 heavy (non-hydrogen) atoms. The number of carbonyl (C=O) groups excluding carboxylic acids is 1. The van der Waals surface area contributed by atoms with Gasteiger partial charge < -0.3 is 13.6 Å². The molecule has 138 valence electrons. The third kappa shape index (κ3) is 5.99. The Balaban J connectivity index is 5.40. The molecule has 0 rings (SSSR count). The fourth-order valence-corrected chi connectivity index (χ4v) is 4.33. The Bertz CT molecular complexity index is 406. The molecule has 0 spiro atoms. The molecule has 0 saturated carbocycles. The minimum absolute atomic E-state index is 0.0238. The second kappa shape index (κ2) is 7.37. The Morgan fingerprint density at radius 1 is 0.826 bits per heavy atom. The third-order valence-electron chi connectivity index (χ3n) is 5.37. The minimum atomic E-state index is -2.10. The Morgan fingerprint density at radius 3 is 1.48 bits per heavy atom. The molecular formula is C17H38O4Si2. The average Bonchev–Trinajstić information content (AvgIpc) is 2.31. The molecule has 0 aliphatic carbocycles. The van der Waals surface area contributed by atoms with Crippen LogP contribution >= 0.6 is 0 Å². The van der Waals surface area contributed by atoms with Crippen molar-refractivity contribution in [2.45, 2.75) is 96.9 Å². The molecule has 0 amide bonds. The number of carbonyl (C=O) groups is 1. The van der Waals surface area contributed by atoms with E-state index in [0.29, 0.717) is 0 Å². The molecular weight excluding hydrogens is 324 g/mol. The summed E-state index contributed by atoms with van der Waals surface area (Å²) in [7, 11) is -2.67. The molecule has 2 unspecified atom stereocenters. The Kier molecular flexibility index (Phi) is 7.32. The number of esters is 1. The summed E-state index contributed by atoms with van der Waals surface area (Å²) in [5.74, 6) is -0.346. The van der Waals surface area contributed by atoms with Crippen molar-refractivity contribution in [1.82, 2.24) is 0 Å². The molecule has 0 aliphatic heterocycles. The van der Waals surface area contributed by atoms with Gasteiger partial charge in [-0.3, -0.25) is 0 Å². The van der Waals surface area contributed by atoms with Gasteiger partial charge in [0.25, 0.3) is 0 Å². The Labute approximate surface area is 145 Å². The average molecular weight is 363 g/mol. The first-order valence-corrected chi connectivity index (χ1v) is 14.2. The van der Waals surface area contributed by atoms with E-state index in [-0.39, 0.29) is 22.1 Å². The molecule has 0 radical (unpaired) electrons. The first-order chi connectivity index (χ1) is 9.96. The summed E-state index contributed by atoms with van der Waals surface area (Å²) in [6.07, 6.45) is -0.993. The molecule has 0 aromatic heterocycles. The largest absolute Gasteiger partial charge is 0.467 e. The van der Waals surface area contributed by atoms with Gasteiger partial charge in [0, 0.05) is 0 Å². The van der Waals surface area contributed by atoms with E-state index in [9.17, 15) is 4.79 Å². The fraction of sp³-hybridized carbons (Fsp3) is 0.941. The van der Waals surface area contributed by atoms with Crippen LogP contribution in [0.3, 0.4) is 0 Å². The van der Waals surface area contributed by atoms with Crippen molar-refractivity contribution in [1.29, 1.82) is 0 Å². The number of ether oxygens (including phenoxy) is 1. The Morgan fingerprint density at radius 2 is 1.17 bits per heavy atom. The summed E-state index contributed by atoms with van der Waals surface area (Å²) in [5, 5.41) is 0.106. The van der Waals surface area contributed by atoms with Crippen molar-refractivity contribution in [2.75, 3.05) is 7.11 Å². The lowest BCUT2D eigenvalue weighted by atomic mass is 10.2. The maximum atomic E-state index is 12.3. The monoisotopic (exact) mass is 362 g/mol. The van der Waals surface area contributed by atoms with Gasteiger partial charge in [-0.15, -0.1) is 0 Å². The highest BCUT2D eigenvalue weighted by Crippen LogP contribution is 2.40. The van der Waals surface area contributed by atoms with Crippen LogP contribution in [-0.2, 0) is 18.4 Å². The summed E-state index contributed by atoms with van der Waals surface area (Å²) >= 11 is 0. The van der Waals surface area contributed by atoms with Crippen molar-refractivity contribution in [3.63, 3.8) is 0 Å². The van der Waals surface area contributed by atoms with Gasteiger partial charge in [-0.2, -0.15) is 0 Å². The normalized spacial score (nSPS) is 16.9. The third-order valence-corrected chi connectivity index (χ3v) is 14.4. The topological polar surface area (TPSA) is 44.8 Å². The predicted molar refractivity (Wildman–Crippen MR) is 102 cm³/mol. The van der Waals surface area contributed by atoms with Crippen LogP contribution in [0.5, 0.6) is 0 Å². The smallest absolute Gasteiger partial charge is 0.336 e. The Hall–Kier alpha value is -0.176. The van der Waals surface area contributed by atoms with Gasteiger partial charge in [0.15, 0.2) is 22.7 Å². The lowest BCUT2D eigenvalue weighted by Gasteiger charge is -2.43. The molecule has 2 atom stereocenters. The van der Waals surface area contributed by atoms with Crippen LogP contribution < -0.4 is 0 Å². The predicted octanol–water partition coefficient (Wildman–Crippen LogP) is 4.96. The van der Waals surface area contributed by atoms with Crippen LogP contribution in [0.15, 0.2) is 0 Å². The van der Waals surface area contributed by atoms with E-state index < -0.39 is 22.7 Å². The molecule has 0 saturated heterocycles. The summed E-state index contributed by atoms with van der Waals surface area (Å²) in [6.45, 7) is 23.6. The van der Waals surface area contributed by atoms with Crippen LogP contribution in [0, 0.1) is 0 Å². The quantitative estimate of drug-likeness (QED) is 0.495. The number of rotatable bonds is 6. The highest BCUT2D eigenvalue weighted by Gasteiger charge is 2.45. The van der Waals surface area contributed by atoms with E-state index in [0.717, 1.165) is 0 Å². The van der Waals surface area contributed by atoms with Crippen LogP contribution in [-0.4, -0.2) is 41.9 Å². The highest BCUT2D eigenvalue weighted by atomic mass is 28.4. The molecule has 0 aliphatic rings. The molecule has 0 bridgehead atoms. The standard InChI is InChI=1S/C17H38O4Si2/c1-13(20-22(9,10)16(2,3)4)14(15(18)19-8)21-23(11,12)17(5,6)7/h13-14H,1-12H3. The summed E-state index contributed by atoms with van der Waals surface area (Å²) < 4.78 is 17.7. The second-order valence-corrected chi connectivity index (χ2v) is 18.9. The zero-order chi connectivity index (χ0) is 18.9. The van der Waals surface area contributed by atoms with Crippen LogP contribution in [0.4, 0.5) is 0 Å². The molecule has 0 aromatic carbocycles. The van der Waals surface area contributed by atoms with Crippen molar-refractivity contribution in [2.24, 2.45) is 0 Å². The molecule has 4 nitrogen and oxygen atoms in total. The summed E-state index contributed by atoms with van der Waals surface area (Å²) in [4.78, 5) is 12.3. The maximum Gasteiger partial charge on any atom is 0.336 e. The van der Waals surface area contributed by atoms with Gasteiger partial charge in [0.1, 0.15) is 0 Å². The zero-order valence-electron chi connectivity index (χ0n) is 17.3. The van der Waals surface area contributed by atoms with Gasteiger partial charge in [0.05, 0.1) is 13.2 Å². The summed E-state index contributed by atoms with van der Waals surface area (Å²) in [5.41, 5.74) is 0. The van der Waals surface area contributed by atoms with Gasteiger partial charge in [-0.05, 0) is 43.2 Å². The first kappa shape index (κ1) is 22.8. The van der Waals surface area contributed by atoms with E-state index in [1.807, 2.05) is 6.92 Å². The maximum absolute atomic E-state index is 12.3. The van der Waals surface area contributed by atoms with Gasteiger partial charge in [-0.25, -0.2) is 4.79 Å². The molecule has 0 heterocycles. The van der Waals surface area contributed by atoms with Gasteiger partial charge >= 0.3 is 5.97 Å². The van der Waals surface area contributed by atoms with Gasteiger partial charge in [-0.1, -0.05) is 41.5 Å².